The van der Waals surface area contributed by atoms with Crippen LogP contribution in [0.25, 0.3) is 0 Å². The highest BCUT2D eigenvalue weighted by Gasteiger charge is 2.08. The summed E-state index contributed by atoms with van der Waals surface area (Å²) in [5, 5.41) is 6.43. The van der Waals surface area contributed by atoms with Crippen LogP contribution in [0.5, 0.6) is 0 Å². The van der Waals surface area contributed by atoms with Crippen LogP contribution < -0.4 is 10.6 Å². The van der Waals surface area contributed by atoms with Gasteiger partial charge in [-0.15, -0.1) is 0 Å². The highest BCUT2D eigenvalue weighted by atomic mass is 32.2. The number of carbonyl (C=O) groups is 1. The molecule has 0 aliphatic heterocycles. The van der Waals surface area contributed by atoms with Crippen molar-refractivity contribution in [2.24, 2.45) is 4.99 Å². The maximum Gasteiger partial charge on any atom is 0.253 e. The number of amides is 1. The van der Waals surface area contributed by atoms with Gasteiger partial charge in [0.05, 0.1) is 10.8 Å². The molecule has 2 aromatic carbocycles. The smallest absolute Gasteiger partial charge is 0.253 e. The fourth-order valence-electron chi connectivity index (χ4n) is 2.62. The lowest BCUT2D eigenvalue weighted by Gasteiger charge is -2.13. The van der Waals surface area contributed by atoms with Gasteiger partial charge >= 0.3 is 0 Å². The Morgan fingerprint density at radius 3 is 2.43 bits per heavy atom. The number of nitrogens with one attached hydrogen (secondary N) is 2. The van der Waals surface area contributed by atoms with E-state index in [9.17, 15) is 9.00 Å². The van der Waals surface area contributed by atoms with E-state index in [1.807, 2.05) is 54.6 Å². The van der Waals surface area contributed by atoms with Crippen molar-refractivity contribution in [1.29, 1.82) is 0 Å². The van der Waals surface area contributed by atoms with Crippen LogP contribution in [0, 0.1) is 0 Å². The number of nitrogens with zero attached hydrogens (tertiary/aromatic N) is 2. The van der Waals surface area contributed by atoms with Crippen LogP contribution in [0.1, 0.15) is 15.9 Å². The molecule has 0 aliphatic carbocycles. The quantitative estimate of drug-likeness (QED) is 0.524. The molecule has 0 saturated heterocycles. The first-order valence-electron chi connectivity index (χ1n) is 9.20. The van der Waals surface area contributed by atoms with Crippen molar-refractivity contribution in [3.8, 4) is 0 Å². The molecule has 0 fully saturated rings. The molecule has 0 saturated carbocycles. The summed E-state index contributed by atoms with van der Waals surface area (Å²) < 4.78 is 12.2. The average Bonchev–Trinajstić information content (AvgIpc) is 2.72. The van der Waals surface area contributed by atoms with Crippen LogP contribution in [0.2, 0.25) is 0 Å². The van der Waals surface area contributed by atoms with Crippen molar-refractivity contribution in [2.75, 3.05) is 40.0 Å². The molecule has 0 aliphatic rings. The predicted octanol–water partition coefficient (Wildman–Crippen LogP) is 1.90. The molecule has 6 nitrogen and oxygen atoms in total. The van der Waals surface area contributed by atoms with Gasteiger partial charge in [-0.3, -0.25) is 14.0 Å². The minimum absolute atomic E-state index is 0.00120. The number of benzene rings is 2. The van der Waals surface area contributed by atoms with Gasteiger partial charge in [-0.05, 0) is 36.2 Å². The number of carbonyl (C=O) groups excluding carboxylic acids is 1. The minimum atomic E-state index is -1.03. The summed E-state index contributed by atoms with van der Waals surface area (Å²) in [5.41, 5.74) is 1.77. The lowest BCUT2D eigenvalue weighted by atomic mass is 10.1. The van der Waals surface area contributed by atoms with E-state index in [4.69, 9.17) is 0 Å². The molecule has 2 N–H and O–H groups in total. The van der Waals surface area contributed by atoms with Gasteiger partial charge in [-0.25, -0.2) is 0 Å². The van der Waals surface area contributed by atoms with E-state index in [2.05, 4.69) is 15.6 Å². The summed E-state index contributed by atoms with van der Waals surface area (Å²) >= 11 is 0. The molecule has 1 atom stereocenters. The first-order valence-corrected chi connectivity index (χ1v) is 10.5. The van der Waals surface area contributed by atoms with E-state index < -0.39 is 10.8 Å². The second kappa shape index (κ2) is 11.2. The van der Waals surface area contributed by atoms with Crippen LogP contribution in [0.4, 0.5) is 0 Å². The Labute approximate surface area is 169 Å². The summed E-state index contributed by atoms with van der Waals surface area (Å²) in [6, 6.07) is 17.1. The molecule has 150 valence electrons. The normalized spacial score (nSPS) is 12.3. The Morgan fingerprint density at radius 1 is 1.04 bits per heavy atom. The van der Waals surface area contributed by atoms with Crippen molar-refractivity contribution in [2.45, 2.75) is 11.3 Å². The zero-order valence-electron chi connectivity index (χ0n) is 16.6. The molecule has 1 amide bonds. The number of hydrogen-bond acceptors (Lipinski definition) is 3. The van der Waals surface area contributed by atoms with Crippen LogP contribution in [-0.2, 0) is 17.2 Å². The molecule has 0 aromatic heterocycles. The fourth-order valence-corrected chi connectivity index (χ4v) is 3.60. The van der Waals surface area contributed by atoms with E-state index in [0.29, 0.717) is 30.4 Å². The molecular weight excluding hydrogens is 372 g/mol. The summed E-state index contributed by atoms with van der Waals surface area (Å²) in [7, 11) is 4.17. The summed E-state index contributed by atoms with van der Waals surface area (Å²) in [6.45, 7) is 1.25. The van der Waals surface area contributed by atoms with Gasteiger partial charge in [0, 0.05) is 50.4 Å². The van der Waals surface area contributed by atoms with E-state index in [1.54, 1.807) is 26.0 Å². The molecule has 0 heterocycles. The lowest BCUT2D eigenvalue weighted by Crippen LogP contribution is -2.40. The third-order valence-electron chi connectivity index (χ3n) is 4.10. The van der Waals surface area contributed by atoms with Crippen molar-refractivity contribution >= 4 is 22.7 Å². The first-order chi connectivity index (χ1) is 13.5. The number of hydrogen-bond donors (Lipinski definition) is 2. The van der Waals surface area contributed by atoms with Crippen LogP contribution in [0.3, 0.4) is 0 Å². The standard InChI is InChI=1S/C21H28N4O2S/c1-22-21(24-14-15-28(27)19-10-5-4-6-11-19)23-13-12-17-8-7-9-18(16-17)20(26)25(2)3/h4-11,16H,12-15H2,1-3H3,(H2,22,23,24). The molecular formula is C21H28N4O2S. The molecule has 7 heteroatoms. The largest absolute Gasteiger partial charge is 0.356 e. The maximum absolute atomic E-state index is 12.2. The minimum Gasteiger partial charge on any atom is -0.356 e. The SMILES string of the molecule is CN=C(NCCc1cccc(C(=O)N(C)C)c1)NCCS(=O)c1ccccc1. The Bertz CT molecular complexity index is 822. The van der Waals surface area contributed by atoms with Crippen molar-refractivity contribution in [3.05, 3.63) is 65.7 Å². The summed E-state index contributed by atoms with van der Waals surface area (Å²) in [5.74, 6) is 1.18. The second-order valence-electron chi connectivity index (χ2n) is 6.44. The molecule has 28 heavy (non-hydrogen) atoms. The Balaban J connectivity index is 1.76. The first kappa shape index (κ1) is 21.6. The molecule has 0 bridgehead atoms. The van der Waals surface area contributed by atoms with Gasteiger partial charge in [-0.1, -0.05) is 30.3 Å². The Morgan fingerprint density at radius 2 is 1.75 bits per heavy atom. The lowest BCUT2D eigenvalue weighted by molar-refractivity contribution is 0.0827. The van der Waals surface area contributed by atoms with Gasteiger partial charge in [0.15, 0.2) is 5.96 Å². The molecule has 2 rings (SSSR count). The Hall–Kier alpha value is -2.67. The number of aliphatic imine (C=N–C) groups is 1. The zero-order valence-corrected chi connectivity index (χ0v) is 17.5. The topological polar surface area (TPSA) is 73.8 Å². The van der Waals surface area contributed by atoms with Gasteiger partial charge in [0.25, 0.3) is 5.91 Å². The third-order valence-corrected chi connectivity index (χ3v) is 5.47. The van der Waals surface area contributed by atoms with Crippen LogP contribution >= 0.6 is 0 Å². The third kappa shape index (κ3) is 6.81. The highest BCUT2D eigenvalue weighted by Crippen LogP contribution is 2.08. The monoisotopic (exact) mass is 400 g/mol. The van der Waals surface area contributed by atoms with Crippen LogP contribution in [0.15, 0.2) is 64.5 Å². The van der Waals surface area contributed by atoms with E-state index in [0.717, 1.165) is 16.9 Å². The molecule has 1 unspecified atom stereocenters. The van der Waals surface area contributed by atoms with Crippen molar-refractivity contribution in [1.82, 2.24) is 15.5 Å². The maximum atomic E-state index is 12.2. The van der Waals surface area contributed by atoms with Crippen molar-refractivity contribution < 1.29 is 9.00 Å². The number of rotatable bonds is 8. The molecule has 2 aromatic rings. The predicted molar refractivity (Wildman–Crippen MR) is 115 cm³/mol. The van der Waals surface area contributed by atoms with E-state index in [-0.39, 0.29) is 5.91 Å². The fraction of sp³-hybridized carbons (Fsp3) is 0.333. The van der Waals surface area contributed by atoms with E-state index in [1.165, 1.54) is 0 Å². The van der Waals surface area contributed by atoms with Gasteiger partial charge in [0.2, 0.25) is 0 Å². The summed E-state index contributed by atoms with van der Waals surface area (Å²) in [6.07, 6.45) is 0.769. The highest BCUT2D eigenvalue weighted by molar-refractivity contribution is 7.85. The Kier molecular flexibility index (Phi) is 8.68. The van der Waals surface area contributed by atoms with E-state index >= 15 is 0 Å². The van der Waals surface area contributed by atoms with Gasteiger partial charge < -0.3 is 15.5 Å². The average molecular weight is 401 g/mol. The second-order valence-corrected chi connectivity index (χ2v) is 8.01. The molecule has 0 spiro atoms. The summed E-state index contributed by atoms with van der Waals surface area (Å²) in [4.78, 5) is 18.7. The van der Waals surface area contributed by atoms with Crippen LogP contribution in [-0.4, -0.2) is 61.0 Å². The zero-order chi connectivity index (χ0) is 20.4. The van der Waals surface area contributed by atoms with Gasteiger partial charge in [0.1, 0.15) is 0 Å². The number of guanidine groups is 1. The van der Waals surface area contributed by atoms with Crippen molar-refractivity contribution in [3.63, 3.8) is 0 Å². The van der Waals surface area contributed by atoms with Gasteiger partial charge in [-0.2, -0.15) is 0 Å². The molecule has 0 radical (unpaired) electrons.